The molecule has 116 valence electrons. The number of nitrogens with zero attached hydrogens (tertiary/aromatic N) is 2. The number of carboxylic acids is 1. The van der Waals surface area contributed by atoms with E-state index in [9.17, 15) is 9.59 Å². The van der Waals surface area contributed by atoms with E-state index in [1.807, 2.05) is 43.3 Å². The summed E-state index contributed by atoms with van der Waals surface area (Å²) in [5.41, 5.74) is 1.98. The summed E-state index contributed by atoms with van der Waals surface area (Å²) in [5.74, 6) is -1.18. The zero-order valence-corrected chi connectivity index (χ0v) is 13.9. The second kappa shape index (κ2) is 6.93. The number of thioether (sulfide) groups is 1. The summed E-state index contributed by atoms with van der Waals surface area (Å²) in [6, 6.07) is 7.80. The Bertz CT molecular complexity index is 639. The molecule has 1 aliphatic heterocycles. The Labute approximate surface area is 138 Å². The van der Waals surface area contributed by atoms with Crippen molar-refractivity contribution in [3.63, 3.8) is 0 Å². The first kappa shape index (κ1) is 16.5. The van der Waals surface area contributed by atoms with Crippen LogP contribution in [0, 0.1) is 0 Å². The lowest BCUT2D eigenvalue weighted by atomic mass is 10.2. The third-order valence-electron chi connectivity index (χ3n) is 3.13. The van der Waals surface area contributed by atoms with Gasteiger partial charge in [0, 0.05) is 26.3 Å². The fraction of sp³-hybridized carbons (Fsp3) is 0.267. The predicted molar refractivity (Wildman–Crippen MR) is 92.9 cm³/mol. The van der Waals surface area contributed by atoms with Crippen LogP contribution in [0.2, 0.25) is 0 Å². The van der Waals surface area contributed by atoms with E-state index in [2.05, 4.69) is 0 Å². The molecule has 0 radical (unpaired) electrons. The first-order valence-corrected chi connectivity index (χ1v) is 7.85. The summed E-state index contributed by atoms with van der Waals surface area (Å²) in [7, 11) is 3.92. The molecule has 1 amide bonds. The molecule has 1 fully saturated rings. The molecule has 0 saturated carbocycles. The molecule has 1 saturated heterocycles. The van der Waals surface area contributed by atoms with Gasteiger partial charge in [-0.05, 0) is 23.8 Å². The third-order valence-corrected chi connectivity index (χ3v) is 4.51. The fourth-order valence-corrected chi connectivity index (χ4v) is 3.23. The lowest BCUT2D eigenvalue weighted by Crippen LogP contribution is -2.30. The Morgan fingerprint density at radius 2 is 2.00 bits per heavy atom. The molecule has 1 heterocycles. The normalized spacial score (nSPS) is 16.5. The van der Waals surface area contributed by atoms with Crippen LogP contribution in [0.5, 0.6) is 0 Å². The minimum atomic E-state index is -0.947. The lowest BCUT2D eigenvalue weighted by molar-refractivity contribution is -0.137. The van der Waals surface area contributed by atoms with Crippen LogP contribution in [0.15, 0.2) is 29.2 Å². The SMILES string of the molecule is CN(C)c1ccc(/C=C2/SC(=S)N(CCC(=O)O)C2=O)cc1. The summed E-state index contributed by atoms with van der Waals surface area (Å²) in [6.07, 6.45) is 1.66. The average molecular weight is 336 g/mol. The maximum absolute atomic E-state index is 12.3. The second-order valence-electron chi connectivity index (χ2n) is 4.96. The van der Waals surface area contributed by atoms with Gasteiger partial charge in [0.1, 0.15) is 4.32 Å². The van der Waals surface area contributed by atoms with Gasteiger partial charge in [0.05, 0.1) is 11.3 Å². The molecule has 5 nitrogen and oxygen atoms in total. The van der Waals surface area contributed by atoms with E-state index >= 15 is 0 Å². The molecular formula is C15H16N2O3S2. The van der Waals surface area contributed by atoms with Gasteiger partial charge < -0.3 is 10.0 Å². The molecule has 7 heteroatoms. The summed E-state index contributed by atoms with van der Waals surface area (Å²) in [5, 5.41) is 8.71. The van der Waals surface area contributed by atoms with Gasteiger partial charge in [0.15, 0.2) is 0 Å². The number of anilines is 1. The highest BCUT2D eigenvalue weighted by Crippen LogP contribution is 2.32. The topological polar surface area (TPSA) is 60.9 Å². The Hall–Kier alpha value is -1.86. The number of thiocarbonyl (C=S) groups is 1. The average Bonchev–Trinajstić information content (AvgIpc) is 2.72. The van der Waals surface area contributed by atoms with Crippen molar-refractivity contribution in [2.75, 3.05) is 25.5 Å². The van der Waals surface area contributed by atoms with Crippen molar-refractivity contribution in [2.24, 2.45) is 0 Å². The summed E-state index contributed by atoms with van der Waals surface area (Å²) < 4.78 is 0.405. The van der Waals surface area contributed by atoms with E-state index in [4.69, 9.17) is 17.3 Å². The van der Waals surface area contributed by atoms with Gasteiger partial charge in [-0.2, -0.15) is 0 Å². The van der Waals surface area contributed by atoms with Gasteiger partial charge in [-0.3, -0.25) is 14.5 Å². The van der Waals surface area contributed by atoms with Crippen LogP contribution in [0.25, 0.3) is 6.08 Å². The molecule has 0 bridgehead atoms. The minimum Gasteiger partial charge on any atom is -0.481 e. The Morgan fingerprint density at radius 1 is 1.36 bits per heavy atom. The number of aliphatic carboxylic acids is 1. The van der Waals surface area contributed by atoms with Gasteiger partial charge in [-0.1, -0.05) is 36.1 Å². The molecule has 1 aliphatic rings. The van der Waals surface area contributed by atoms with Crippen molar-refractivity contribution in [2.45, 2.75) is 6.42 Å². The number of rotatable bonds is 5. The third kappa shape index (κ3) is 3.86. The highest BCUT2D eigenvalue weighted by molar-refractivity contribution is 8.26. The standard InChI is InChI=1S/C15H16N2O3S2/c1-16(2)11-5-3-10(4-6-11)9-12-14(20)17(15(21)22-12)8-7-13(18)19/h3-6,9H,7-8H2,1-2H3,(H,18,19)/b12-9+. The number of carbonyl (C=O) groups is 2. The number of hydrogen-bond acceptors (Lipinski definition) is 5. The molecule has 0 atom stereocenters. The fourth-order valence-electron chi connectivity index (χ4n) is 1.92. The highest BCUT2D eigenvalue weighted by Gasteiger charge is 2.31. The molecule has 0 spiro atoms. The Kier molecular flexibility index (Phi) is 5.20. The molecule has 0 unspecified atom stereocenters. The van der Waals surface area contributed by atoms with E-state index in [0.717, 1.165) is 11.3 Å². The van der Waals surface area contributed by atoms with Crippen molar-refractivity contribution >= 4 is 51.9 Å². The van der Waals surface area contributed by atoms with Crippen LogP contribution in [-0.4, -0.2) is 46.8 Å². The molecule has 0 aliphatic carbocycles. The summed E-state index contributed by atoms with van der Waals surface area (Å²) in [4.78, 5) is 26.7. The highest BCUT2D eigenvalue weighted by atomic mass is 32.2. The monoisotopic (exact) mass is 336 g/mol. The second-order valence-corrected chi connectivity index (χ2v) is 6.64. The van der Waals surface area contributed by atoms with E-state index in [1.54, 1.807) is 6.08 Å². The van der Waals surface area contributed by atoms with Crippen LogP contribution in [0.1, 0.15) is 12.0 Å². The Morgan fingerprint density at radius 3 is 2.55 bits per heavy atom. The van der Waals surface area contributed by atoms with Gasteiger partial charge in [-0.15, -0.1) is 0 Å². The number of amides is 1. The van der Waals surface area contributed by atoms with E-state index in [-0.39, 0.29) is 18.9 Å². The van der Waals surface area contributed by atoms with Crippen LogP contribution >= 0.6 is 24.0 Å². The van der Waals surface area contributed by atoms with E-state index < -0.39 is 5.97 Å². The van der Waals surface area contributed by atoms with Crippen LogP contribution < -0.4 is 4.90 Å². The smallest absolute Gasteiger partial charge is 0.305 e. The van der Waals surface area contributed by atoms with Gasteiger partial charge in [-0.25, -0.2) is 0 Å². The molecule has 1 N–H and O–H groups in total. The molecule has 22 heavy (non-hydrogen) atoms. The van der Waals surface area contributed by atoms with Crippen molar-refractivity contribution in [3.8, 4) is 0 Å². The number of carbonyl (C=O) groups excluding carboxylic acids is 1. The van der Waals surface area contributed by atoms with Crippen LogP contribution in [0.3, 0.4) is 0 Å². The van der Waals surface area contributed by atoms with Crippen LogP contribution in [-0.2, 0) is 9.59 Å². The zero-order valence-electron chi connectivity index (χ0n) is 12.3. The first-order valence-electron chi connectivity index (χ1n) is 6.63. The lowest BCUT2D eigenvalue weighted by Gasteiger charge is -2.12. The van der Waals surface area contributed by atoms with Crippen molar-refractivity contribution in [1.82, 2.24) is 4.90 Å². The van der Waals surface area contributed by atoms with E-state index in [1.165, 1.54) is 16.7 Å². The predicted octanol–water partition coefficient (Wildman–Crippen LogP) is 2.43. The number of hydrogen-bond donors (Lipinski definition) is 1. The maximum Gasteiger partial charge on any atom is 0.305 e. The van der Waals surface area contributed by atoms with Gasteiger partial charge >= 0.3 is 5.97 Å². The molecular weight excluding hydrogens is 320 g/mol. The molecule has 1 aromatic rings. The molecule has 2 rings (SSSR count). The quantitative estimate of drug-likeness (QED) is 0.658. The van der Waals surface area contributed by atoms with Crippen molar-refractivity contribution < 1.29 is 14.7 Å². The molecule has 1 aromatic carbocycles. The number of carboxylic acid groups (broad SMARTS) is 1. The van der Waals surface area contributed by atoms with Gasteiger partial charge in [0.25, 0.3) is 5.91 Å². The van der Waals surface area contributed by atoms with Gasteiger partial charge in [0.2, 0.25) is 0 Å². The van der Waals surface area contributed by atoms with E-state index in [0.29, 0.717) is 9.23 Å². The van der Waals surface area contributed by atoms with Crippen molar-refractivity contribution in [1.29, 1.82) is 0 Å². The minimum absolute atomic E-state index is 0.108. The van der Waals surface area contributed by atoms with Crippen LogP contribution in [0.4, 0.5) is 5.69 Å². The first-order chi connectivity index (χ1) is 10.4. The maximum atomic E-state index is 12.3. The largest absolute Gasteiger partial charge is 0.481 e. The number of benzene rings is 1. The Balaban J connectivity index is 2.13. The summed E-state index contributed by atoms with van der Waals surface area (Å²) in [6.45, 7) is 0.108. The summed E-state index contributed by atoms with van der Waals surface area (Å²) >= 11 is 6.35. The zero-order chi connectivity index (χ0) is 16.3. The molecule has 0 aromatic heterocycles. The van der Waals surface area contributed by atoms with Crippen molar-refractivity contribution in [3.05, 3.63) is 34.7 Å².